The van der Waals surface area contributed by atoms with Crippen LogP contribution in [0.1, 0.15) is 27.6 Å². The number of esters is 1. The summed E-state index contributed by atoms with van der Waals surface area (Å²) in [7, 11) is 1.45. The Morgan fingerprint density at radius 2 is 1.74 bits per heavy atom. The molecule has 0 aliphatic carbocycles. The van der Waals surface area contributed by atoms with Gasteiger partial charge < -0.3 is 9.47 Å². The van der Waals surface area contributed by atoms with E-state index < -0.39 is 23.9 Å². The third kappa shape index (κ3) is 5.49. The van der Waals surface area contributed by atoms with Crippen LogP contribution >= 0.6 is 11.8 Å². The van der Waals surface area contributed by atoms with Gasteiger partial charge in [0, 0.05) is 10.5 Å². The van der Waals surface area contributed by atoms with Crippen molar-refractivity contribution in [3.8, 4) is 5.75 Å². The standard InChI is InChI=1S/C19H20N2O5S/c1-12(17(22)20-21-18(23)13-7-5-4-6-8-13)26-19(24)15-10-9-14(27-3)11-16(15)25-2/h4-12H,1-3H3,(H,20,22)(H,21,23)/t12-/m1/s1. The van der Waals surface area contributed by atoms with Gasteiger partial charge in [-0.2, -0.15) is 0 Å². The van der Waals surface area contributed by atoms with Crippen LogP contribution in [0, 0.1) is 0 Å². The van der Waals surface area contributed by atoms with Gasteiger partial charge in [-0.25, -0.2) is 4.79 Å². The normalized spacial score (nSPS) is 11.2. The summed E-state index contributed by atoms with van der Waals surface area (Å²) in [6.45, 7) is 1.41. The summed E-state index contributed by atoms with van der Waals surface area (Å²) >= 11 is 1.51. The topological polar surface area (TPSA) is 93.7 Å². The number of hydrogen-bond acceptors (Lipinski definition) is 6. The van der Waals surface area contributed by atoms with Gasteiger partial charge in [0.1, 0.15) is 11.3 Å². The van der Waals surface area contributed by atoms with Crippen LogP contribution in [-0.4, -0.2) is 37.3 Å². The Labute approximate surface area is 161 Å². The molecule has 0 unspecified atom stereocenters. The second-order valence-electron chi connectivity index (χ2n) is 5.42. The summed E-state index contributed by atoms with van der Waals surface area (Å²) in [6, 6.07) is 13.4. The van der Waals surface area contributed by atoms with Crippen LogP contribution in [-0.2, 0) is 9.53 Å². The van der Waals surface area contributed by atoms with E-state index in [1.807, 2.05) is 6.26 Å². The molecule has 2 aromatic carbocycles. The minimum Gasteiger partial charge on any atom is -0.496 e. The maximum atomic E-state index is 12.3. The van der Waals surface area contributed by atoms with Gasteiger partial charge in [0.05, 0.1) is 7.11 Å². The van der Waals surface area contributed by atoms with E-state index in [1.54, 1.807) is 48.5 Å². The molecule has 0 fully saturated rings. The number of amides is 2. The Kier molecular flexibility index (Phi) is 7.25. The van der Waals surface area contributed by atoms with Crippen LogP contribution < -0.4 is 15.6 Å². The molecule has 0 aliphatic heterocycles. The number of rotatable bonds is 6. The smallest absolute Gasteiger partial charge is 0.342 e. The zero-order valence-electron chi connectivity index (χ0n) is 15.1. The monoisotopic (exact) mass is 388 g/mol. The van der Waals surface area contributed by atoms with Crippen molar-refractivity contribution in [2.24, 2.45) is 0 Å². The molecule has 0 saturated carbocycles. The molecule has 0 aromatic heterocycles. The molecule has 2 N–H and O–H groups in total. The first kappa shape index (κ1) is 20.3. The average molecular weight is 388 g/mol. The number of carbonyl (C=O) groups excluding carboxylic acids is 3. The summed E-state index contributed by atoms with van der Waals surface area (Å²) in [5.41, 5.74) is 5.11. The molecule has 8 heteroatoms. The van der Waals surface area contributed by atoms with Crippen molar-refractivity contribution in [3.63, 3.8) is 0 Å². The highest BCUT2D eigenvalue weighted by Gasteiger charge is 2.22. The predicted molar refractivity (Wildman–Crippen MR) is 102 cm³/mol. The quantitative estimate of drug-likeness (QED) is 0.448. The maximum absolute atomic E-state index is 12.3. The second-order valence-corrected chi connectivity index (χ2v) is 6.30. The zero-order valence-corrected chi connectivity index (χ0v) is 16.0. The molecule has 0 spiro atoms. The van der Waals surface area contributed by atoms with E-state index in [4.69, 9.17) is 9.47 Å². The SMILES string of the molecule is COc1cc(SC)ccc1C(=O)O[C@H](C)C(=O)NNC(=O)c1ccccc1. The van der Waals surface area contributed by atoms with E-state index in [2.05, 4.69) is 10.9 Å². The van der Waals surface area contributed by atoms with Crippen molar-refractivity contribution in [3.05, 3.63) is 59.7 Å². The number of carbonyl (C=O) groups is 3. The van der Waals surface area contributed by atoms with E-state index in [0.717, 1.165) is 4.90 Å². The van der Waals surface area contributed by atoms with Gasteiger partial charge in [0.2, 0.25) is 0 Å². The van der Waals surface area contributed by atoms with Crippen molar-refractivity contribution in [2.75, 3.05) is 13.4 Å². The van der Waals surface area contributed by atoms with Gasteiger partial charge >= 0.3 is 5.97 Å². The number of hydrazine groups is 1. The van der Waals surface area contributed by atoms with Crippen LogP contribution in [0.3, 0.4) is 0 Å². The fraction of sp³-hybridized carbons (Fsp3) is 0.211. The highest BCUT2D eigenvalue weighted by molar-refractivity contribution is 7.98. The Bertz CT molecular complexity index is 826. The number of hydrogen-bond donors (Lipinski definition) is 2. The van der Waals surface area contributed by atoms with Crippen molar-refractivity contribution in [1.82, 2.24) is 10.9 Å². The van der Waals surface area contributed by atoms with Gasteiger partial charge in [-0.1, -0.05) is 18.2 Å². The van der Waals surface area contributed by atoms with Crippen molar-refractivity contribution in [1.29, 1.82) is 0 Å². The molecule has 2 rings (SSSR count). The molecule has 0 radical (unpaired) electrons. The van der Waals surface area contributed by atoms with E-state index in [-0.39, 0.29) is 5.56 Å². The van der Waals surface area contributed by atoms with Crippen LogP contribution in [0.5, 0.6) is 5.75 Å². The van der Waals surface area contributed by atoms with Gasteiger partial charge in [-0.15, -0.1) is 11.8 Å². The fourth-order valence-electron chi connectivity index (χ4n) is 2.13. The summed E-state index contributed by atoms with van der Waals surface area (Å²) in [4.78, 5) is 37.2. The lowest BCUT2D eigenvalue weighted by Crippen LogP contribution is -2.46. The first-order chi connectivity index (χ1) is 13.0. The zero-order chi connectivity index (χ0) is 19.8. The van der Waals surface area contributed by atoms with Gasteiger partial charge in [-0.05, 0) is 43.5 Å². The Balaban J connectivity index is 1.94. The summed E-state index contributed by atoms with van der Waals surface area (Å²) in [5, 5.41) is 0. The number of thioether (sulfide) groups is 1. The second kappa shape index (κ2) is 9.63. The van der Waals surface area contributed by atoms with Gasteiger partial charge in [-0.3, -0.25) is 20.4 Å². The molecule has 142 valence electrons. The highest BCUT2D eigenvalue weighted by Crippen LogP contribution is 2.26. The molecule has 0 aliphatic rings. The summed E-state index contributed by atoms with van der Waals surface area (Å²) < 4.78 is 10.4. The van der Waals surface area contributed by atoms with Crippen LogP contribution in [0.25, 0.3) is 0 Å². The number of nitrogens with one attached hydrogen (secondary N) is 2. The Hall–Kier alpha value is -3.00. The lowest BCUT2D eigenvalue weighted by molar-refractivity contribution is -0.129. The maximum Gasteiger partial charge on any atom is 0.342 e. The molecular weight excluding hydrogens is 368 g/mol. The molecule has 0 bridgehead atoms. The van der Waals surface area contributed by atoms with E-state index in [9.17, 15) is 14.4 Å². The first-order valence-corrected chi connectivity index (χ1v) is 9.27. The van der Waals surface area contributed by atoms with Gasteiger partial charge in [0.15, 0.2) is 6.10 Å². The van der Waals surface area contributed by atoms with Crippen molar-refractivity contribution < 1.29 is 23.9 Å². The molecule has 1 atom stereocenters. The molecule has 27 heavy (non-hydrogen) atoms. The van der Waals surface area contributed by atoms with Crippen LogP contribution in [0.2, 0.25) is 0 Å². The molecule has 7 nitrogen and oxygen atoms in total. The summed E-state index contributed by atoms with van der Waals surface area (Å²) in [5.74, 6) is -1.47. The van der Waals surface area contributed by atoms with Crippen molar-refractivity contribution in [2.45, 2.75) is 17.9 Å². The van der Waals surface area contributed by atoms with Gasteiger partial charge in [0.25, 0.3) is 11.8 Å². The Morgan fingerprint density at radius 3 is 2.37 bits per heavy atom. The average Bonchev–Trinajstić information content (AvgIpc) is 2.71. The molecule has 2 aromatic rings. The lowest BCUT2D eigenvalue weighted by Gasteiger charge is -2.15. The first-order valence-electron chi connectivity index (χ1n) is 8.04. The minimum atomic E-state index is -1.11. The molecule has 2 amide bonds. The number of ether oxygens (including phenoxy) is 2. The number of methoxy groups -OCH3 is 1. The molecule has 0 saturated heterocycles. The highest BCUT2D eigenvalue weighted by atomic mass is 32.2. The van der Waals surface area contributed by atoms with E-state index in [1.165, 1.54) is 25.8 Å². The summed E-state index contributed by atoms with van der Waals surface area (Å²) in [6.07, 6.45) is 0.793. The van der Waals surface area contributed by atoms with Crippen LogP contribution in [0.15, 0.2) is 53.4 Å². The lowest BCUT2D eigenvalue weighted by atomic mass is 10.2. The van der Waals surface area contributed by atoms with Crippen LogP contribution in [0.4, 0.5) is 0 Å². The third-order valence-corrected chi connectivity index (χ3v) is 4.34. The molecule has 0 heterocycles. The largest absolute Gasteiger partial charge is 0.496 e. The minimum absolute atomic E-state index is 0.211. The molecular formula is C19H20N2O5S. The van der Waals surface area contributed by atoms with Crippen molar-refractivity contribution >= 4 is 29.5 Å². The Morgan fingerprint density at radius 1 is 1.04 bits per heavy atom. The van der Waals surface area contributed by atoms with E-state index in [0.29, 0.717) is 11.3 Å². The van der Waals surface area contributed by atoms with E-state index >= 15 is 0 Å². The predicted octanol–water partition coefficient (Wildman–Crippen LogP) is 2.42. The number of benzene rings is 2. The fourth-order valence-corrected chi connectivity index (χ4v) is 2.56. The third-order valence-electron chi connectivity index (χ3n) is 3.62.